The number of nitrogens with two attached hydrogens (primary N) is 1. The van der Waals surface area contributed by atoms with Gasteiger partial charge in [-0.25, -0.2) is 4.98 Å². The molecule has 29 heavy (non-hydrogen) atoms. The summed E-state index contributed by atoms with van der Waals surface area (Å²) in [5.41, 5.74) is 7.68. The van der Waals surface area contributed by atoms with Crippen LogP contribution in [0.2, 0.25) is 0 Å². The van der Waals surface area contributed by atoms with E-state index in [4.69, 9.17) is 5.73 Å². The molecule has 0 unspecified atom stereocenters. The van der Waals surface area contributed by atoms with Gasteiger partial charge in [0.05, 0.1) is 0 Å². The maximum absolute atomic E-state index is 12.5. The molecular weight excluding hydrogens is 368 g/mol. The molecule has 3 heterocycles. The number of aromatic nitrogens is 3. The summed E-state index contributed by atoms with van der Waals surface area (Å²) in [5.74, 6) is 0.734. The molecule has 0 aliphatic carbocycles. The normalized spacial score (nSPS) is 13.9. The molecule has 3 N–H and O–H groups in total. The average molecular weight is 390 g/mol. The van der Waals surface area contributed by atoms with Crippen LogP contribution in [0.1, 0.15) is 6.42 Å². The number of likely N-dealkylation sites (tertiary alicyclic amines) is 1. The second-order valence-corrected chi connectivity index (χ2v) is 7.14. The summed E-state index contributed by atoms with van der Waals surface area (Å²) < 4.78 is 1.67. The molecule has 4 rings (SSSR count). The monoisotopic (exact) mass is 390 g/mol. The average Bonchev–Trinajstić information content (AvgIpc) is 2.69. The maximum atomic E-state index is 12.5. The second kappa shape index (κ2) is 7.75. The van der Waals surface area contributed by atoms with E-state index >= 15 is 0 Å². The minimum absolute atomic E-state index is 0.0466. The third-order valence-electron chi connectivity index (χ3n) is 5.09. The molecule has 1 fully saturated rings. The molecule has 8 nitrogen and oxygen atoms in total. The molecule has 3 aromatic rings. The SMILES string of the molecule is C=CC(=O)N1CC(CCn2c(=O)ccc3cnc(Nc4ccc(N)cc4)nc32)C1. The van der Waals surface area contributed by atoms with Crippen LogP contribution in [-0.4, -0.2) is 38.4 Å². The van der Waals surface area contributed by atoms with E-state index in [2.05, 4.69) is 21.9 Å². The van der Waals surface area contributed by atoms with Crippen molar-refractivity contribution in [1.29, 1.82) is 0 Å². The highest BCUT2D eigenvalue weighted by Crippen LogP contribution is 2.21. The van der Waals surface area contributed by atoms with E-state index in [0.717, 1.165) is 17.5 Å². The molecule has 8 heteroatoms. The van der Waals surface area contributed by atoms with Gasteiger partial charge in [-0.15, -0.1) is 0 Å². The quantitative estimate of drug-likeness (QED) is 0.493. The number of nitrogen functional groups attached to an aromatic ring is 1. The number of nitrogens with zero attached hydrogens (tertiary/aromatic N) is 4. The van der Waals surface area contributed by atoms with Gasteiger partial charge in [-0.05, 0) is 48.7 Å². The number of hydrogen-bond donors (Lipinski definition) is 2. The van der Waals surface area contributed by atoms with E-state index in [1.807, 2.05) is 12.1 Å². The first-order valence-electron chi connectivity index (χ1n) is 9.44. The number of amides is 1. The Bertz CT molecular complexity index is 1120. The Morgan fingerprint density at radius 1 is 1.24 bits per heavy atom. The number of anilines is 3. The van der Waals surface area contributed by atoms with Gasteiger partial charge >= 0.3 is 0 Å². The highest BCUT2D eigenvalue weighted by atomic mass is 16.2. The van der Waals surface area contributed by atoms with Crippen molar-refractivity contribution in [2.75, 3.05) is 24.1 Å². The van der Waals surface area contributed by atoms with Crippen molar-refractivity contribution < 1.29 is 4.79 Å². The largest absolute Gasteiger partial charge is 0.399 e. The molecule has 148 valence electrons. The summed E-state index contributed by atoms with van der Waals surface area (Å²) in [6, 6.07) is 10.5. The number of benzene rings is 1. The minimum atomic E-state index is -0.104. The van der Waals surface area contributed by atoms with Crippen molar-refractivity contribution in [2.24, 2.45) is 5.92 Å². The van der Waals surface area contributed by atoms with Crippen LogP contribution < -0.4 is 16.6 Å². The number of rotatable bonds is 6. The van der Waals surface area contributed by atoms with Crippen molar-refractivity contribution in [2.45, 2.75) is 13.0 Å². The number of hydrogen-bond acceptors (Lipinski definition) is 6. The van der Waals surface area contributed by atoms with Crippen molar-refractivity contribution in [3.63, 3.8) is 0 Å². The van der Waals surface area contributed by atoms with E-state index < -0.39 is 0 Å². The van der Waals surface area contributed by atoms with Gasteiger partial charge in [0.15, 0.2) is 0 Å². The Balaban J connectivity index is 1.52. The lowest BCUT2D eigenvalue weighted by Gasteiger charge is -2.38. The molecule has 0 radical (unpaired) electrons. The summed E-state index contributed by atoms with van der Waals surface area (Å²) in [5, 5.41) is 3.93. The second-order valence-electron chi connectivity index (χ2n) is 7.14. The highest BCUT2D eigenvalue weighted by molar-refractivity contribution is 5.87. The van der Waals surface area contributed by atoms with Crippen LogP contribution in [0.5, 0.6) is 0 Å². The summed E-state index contributed by atoms with van der Waals surface area (Å²) in [7, 11) is 0. The van der Waals surface area contributed by atoms with E-state index in [1.165, 1.54) is 12.1 Å². The smallest absolute Gasteiger partial charge is 0.252 e. The van der Waals surface area contributed by atoms with Crippen LogP contribution in [0, 0.1) is 5.92 Å². The third-order valence-corrected chi connectivity index (χ3v) is 5.09. The number of nitrogens with one attached hydrogen (secondary N) is 1. The lowest BCUT2D eigenvalue weighted by molar-refractivity contribution is -0.132. The van der Waals surface area contributed by atoms with Gasteiger partial charge in [0.2, 0.25) is 11.9 Å². The fraction of sp³-hybridized carbons (Fsp3) is 0.238. The summed E-state index contributed by atoms with van der Waals surface area (Å²) in [6.07, 6.45) is 3.83. The standard InChI is InChI=1S/C21H22N6O2/c1-2-18(28)26-12-14(13-26)9-10-27-19(29)8-3-15-11-23-21(25-20(15)27)24-17-6-4-16(22)5-7-17/h2-8,11,14H,1,9-10,12-13,22H2,(H,23,24,25). The zero-order chi connectivity index (χ0) is 20.4. The lowest BCUT2D eigenvalue weighted by atomic mass is 9.96. The summed E-state index contributed by atoms with van der Waals surface area (Å²) in [6.45, 7) is 5.44. The Hall–Kier alpha value is -3.68. The maximum Gasteiger partial charge on any atom is 0.252 e. The van der Waals surface area contributed by atoms with Gasteiger partial charge in [-0.2, -0.15) is 4.98 Å². The van der Waals surface area contributed by atoms with Crippen molar-refractivity contribution in [1.82, 2.24) is 19.4 Å². The van der Waals surface area contributed by atoms with Gasteiger partial charge in [0, 0.05) is 48.7 Å². The first kappa shape index (κ1) is 18.7. The molecule has 0 spiro atoms. The molecule has 1 amide bonds. The molecule has 2 aromatic heterocycles. The predicted octanol–water partition coefficient (Wildman–Crippen LogP) is 2.15. The molecule has 1 aliphatic heterocycles. The molecule has 0 bridgehead atoms. The molecule has 1 saturated heterocycles. The minimum Gasteiger partial charge on any atom is -0.399 e. The first-order valence-corrected chi connectivity index (χ1v) is 9.44. The number of pyridine rings is 1. The Morgan fingerprint density at radius 3 is 2.72 bits per heavy atom. The fourth-order valence-corrected chi connectivity index (χ4v) is 3.42. The van der Waals surface area contributed by atoms with Crippen LogP contribution in [-0.2, 0) is 11.3 Å². The molecule has 1 aromatic carbocycles. The van der Waals surface area contributed by atoms with Crippen LogP contribution >= 0.6 is 0 Å². The molecule has 0 atom stereocenters. The van der Waals surface area contributed by atoms with Crippen LogP contribution in [0.3, 0.4) is 0 Å². The van der Waals surface area contributed by atoms with E-state index in [1.54, 1.807) is 33.9 Å². The molecular formula is C21H22N6O2. The first-order chi connectivity index (χ1) is 14.0. The van der Waals surface area contributed by atoms with Gasteiger partial charge in [-0.1, -0.05) is 6.58 Å². The summed E-state index contributed by atoms with van der Waals surface area (Å²) >= 11 is 0. The fourth-order valence-electron chi connectivity index (χ4n) is 3.42. The summed E-state index contributed by atoms with van der Waals surface area (Å²) in [4.78, 5) is 34.7. The van der Waals surface area contributed by atoms with Crippen molar-refractivity contribution in [3.8, 4) is 0 Å². The highest BCUT2D eigenvalue weighted by Gasteiger charge is 2.28. The van der Waals surface area contributed by atoms with Crippen LogP contribution in [0.15, 0.2) is 60.0 Å². The number of aryl methyl sites for hydroxylation is 1. The Kier molecular flexibility index (Phi) is 4.99. The zero-order valence-electron chi connectivity index (χ0n) is 15.9. The van der Waals surface area contributed by atoms with Gasteiger partial charge in [0.25, 0.3) is 5.56 Å². The number of carbonyl (C=O) groups excluding carboxylic acids is 1. The predicted molar refractivity (Wildman–Crippen MR) is 113 cm³/mol. The van der Waals surface area contributed by atoms with E-state index in [0.29, 0.717) is 42.8 Å². The Morgan fingerprint density at radius 2 is 2.00 bits per heavy atom. The lowest BCUT2D eigenvalue weighted by Crippen LogP contribution is -2.49. The van der Waals surface area contributed by atoms with Crippen LogP contribution in [0.25, 0.3) is 11.0 Å². The van der Waals surface area contributed by atoms with Gasteiger partial charge in [-0.3, -0.25) is 14.2 Å². The zero-order valence-corrected chi connectivity index (χ0v) is 15.9. The van der Waals surface area contributed by atoms with Crippen molar-refractivity contribution >= 4 is 34.3 Å². The number of carbonyl (C=O) groups is 1. The van der Waals surface area contributed by atoms with Crippen LogP contribution in [0.4, 0.5) is 17.3 Å². The Labute approximate surface area is 167 Å². The van der Waals surface area contributed by atoms with Gasteiger partial charge < -0.3 is 16.0 Å². The van der Waals surface area contributed by atoms with Crippen molar-refractivity contribution in [3.05, 3.63) is 65.6 Å². The third kappa shape index (κ3) is 3.96. The topological polar surface area (TPSA) is 106 Å². The van der Waals surface area contributed by atoms with E-state index in [-0.39, 0.29) is 11.5 Å². The molecule has 0 saturated carbocycles. The molecule has 1 aliphatic rings. The van der Waals surface area contributed by atoms with Gasteiger partial charge in [0.1, 0.15) is 5.65 Å². The number of fused-ring (bicyclic) bond motifs is 1. The van der Waals surface area contributed by atoms with E-state index in [9.17, 15) is 9.59 Å².